The summed E-state index contributed by atoms with van der Waals surface area (Å²) in [6.07, 6.45) is 0.0503. The minimum Gasteiger partial charge on any atom is -0.294 e. The molecule has 98 valence electrons. The number of ketones is 1. The highest BCUT2D eigenvalue weighted by molar-refractivity contribution is 6.30. The first-order valence-electron chi connectivity index (χ1n) is 6.02. The molecule has 0 aliphatic carbocycles. The van der Waals surface area contributed by atoms with Crippen LogP contribution in [0.1, 0.15) is 27.0 Å². The number of rotatable bonds is 3. The van der Waals surface area contributed by atoms with Gasteiger partial charge in [-0.2, -0.15) is 0 Å². The molecule has 0 aromatic heterocycles. The second kappa shape index (κ2) is 5.54. The maximum atomic E-state index is 13.7. The summed E-state index contributed by atoms with van der Waals surface area (Å²) in [5.74, 6) is -0.510. The van der Waals surface area contributed by atoms with Gasteiger partial charge in [0.05, 0.1) is 0 Å². The third kappa shape index (κ3) is 3.02. The van der Waals surface area contributed by atoms with Gasteiger partial charge in [-0.1, -0.05) is 35.9 Å². The molecule has 0 radical (unpaired) electrons. The fourth-order valence-electron chi connectivity index (χ4n) is 2.18. The average Bonchev–Trinajstić information content (AvgIpc) is 2.32. The minimum atomic E-state index is -0.438. The van der Waals surface area contributed by atoms with E-state index < -0.39 is 5.82 Å². The first-order valence-corrected chi connectivity index (χ1v) is 6.40. The Balaban J connectivity index is 2.31. The van der Waals surface area contributed by atoms with E-state index in [0.29, 0.717) is 16.1 Å². The highest BCUT2D eigenvalue weighted by atomic mass is 35.5. The predicted molar refractivity (Wildman–Crippen MR) is 75.4 cm³/mol. The second-order valence-electron chi connectivity index (χ2n) is 4.60. The molecule has 0 saturated carbocycles. The number of carbonyl (C=O) groups excluding carboxylic acids is 1. The fourth-order valence-corrected chi connectivity index (χ4v) is 2.34. The highest BCUT2D eigenvalue weighted by Gasteiger charge is 2.14. The molecule has 2 aromatic carbocycles. The van der Waals surface area contributed by atoms with Crippen LogP contribution in [0.5, 0.6) is 0 Å². The lowest BCUT2D eigenvalue weighted by Gasteiger charge is -2.09. The second-order valence-corrected chi connectivity index (χ2v) is 5.04. The zero-order valence-corrected chi connectivity index (χ0v) is 11.6. The van der Waals surface area contributed by atoms with E-state index in [1.54, 1.807) is 12.1 Å². The summed E-state index contributed by atoms with van der Waals surface area (Å²) in [5.41, 5.74) is 2.88. The van der Waals surface area contributed by atoms with Gasteiger partial charge in [-0.05, 0) is 42.7 Å². The van der Waals surface area contributed by atoms with Gasteiger partial charge in [-0.3, -0.25) is 4.79 Å². The maximum Gasteiger partial charge on any atom is 0.167 e. The Bertz CT molecular complexity index is 614. The zero-order chi connectivity index (χ0) is 14.0. The van der Waals surface area contributed by atoms with Gasteiger partial charge in [-0.15, -0.1) is 0 Å². The normalized spacial score (nSPS) is 10.5. The fraction of sp³-hybridized carbons (Fsp3) is 0.188. The molecule has 0 bridgehead atoms. The van der Waals surface area contributed by atoms with Crippen LogP contribution in [0, 0.1) is 19.7 Å². The van der Waals surface area contributed by atoms with Crippen LogP contribution in [0.4, 0.5) is 4.39 Å². The molecule has 0 unspecified atom stereocenters. The molecule has 2 rings (SSSR count). The van der Waals surface area contributed by atoms with Crippen molar-refractivity contribution in [3.05, 3.63) is 69.5 Å². The van der Waals surface area contributed by atoms with Crippen molar-refractivity contribution in [2.75, 3.05) is 0 Å². The van der Waals surface area contributed by atoms with Crippen molar-refractivity contribution in [3.8, 4) is 0 Å². The minimum absolute atomic E-state index is 0.0503. The summed E-state index contributed by atoms with van der Waals surface area (Å²) in [4.78, 5) is 12.3. The van der Waals surface area contributed by atoms with E-state index in [2.05, 4.69) is 0 Å². The Morgan fingerprint density at radius 3 is 2.37 bits per heavy atom. The van der Waals surface area contributed by atoms with Crippen LogP contribution < -0.4 is 0 Å². The lowest BCUT2D eigenvalue weighted by atomic mass is 9.95. The van der Waals surface area contributed by atoms with E-state index in [1.165, 1.54) is 6.07 Å². The van der Waals surface area contributed by atoms with Crippen LogP contribution in [0.2, 0.25) is 5.02 Å². The van der Waals surface area contributed by atoms with Crippen molar-refractivity contribution in [1.82, 2.24) is 0 Å². The SMILES string of the molecule is Cc1cccc(C)c1C(=O)Cc1ccc(Cl)cc1F. The Morgan fingerprint density at radius 1 is 1.16 bits per heavy atom. The number of hydrogen-bond donors (Lipinski definition) is 0. The van der Waals surface area contributed by atoms with Crippen LogP contribution in [0.15, 0.2) is 36.4 Å². The first kappa shape index (κ1) is 13.8. The van der Waals surface area contributed by atoms with Gasteiger partial charge in [0.2, 0.25) is 0 Å². The average molecular weight is 277 g/mol. The number of Topliss-reactive ketones (excluding diaryl/α,β-unsaturated/α-hetero) is 1. The van der Waals surface area contributed by atoms with Gasteiger partial charge in [0.25, 0.3) is 0 Å². The van der Waals surface area contributed by atoms with Gasteiger partial charge < -0.3 is 0 Å². The third-order valence-corrected chi connectivity index (χ3v) is 3.36. The van der Waals surface area contributed by atoms with Crippen LogP contribution >= 0.6 is 11.6 Å². The summed E-state index contributed by atoms with van der Waals surface area (Å²) < 4.78 is 13.7. The molecule has 19 heavy (non-hydrogen) atoms. The molecule has 0 spiro atoms. The largest absolute Gasteiger partial charge is 0.294 e. The highest BCUT2D eigenvalue weighted by Crippen LogP contribution is 2.19. The Labute approximate surface area is 117 Å². The van der Waals surface area contributed by atoms with Crippen molar-refractivity contribution >= 4 is 17.4 Å². The smallest absolute Gasteiger partial charge is 0.167 e. The standard InChI is InChI=1S/C16H14ClFO/c1-10-4-3-5-11(2)16(10)15(19)8-12-6-7-13(17)9-14(12)18/h3-7,9H,8H2,1-2H3. The van der Waals surface area contributed by atoms with Crippen LogP contribution in [0.25, 0.3) is 0 Å². The molecule has 1 nitrogen and oxygen atoms in total. The topological polar surface area (TPSA) is 17.1 Å². The van der Waals surface area contributed by atoms with Gasteiger partial charge in [0.1, 0.15) is 5.82 Å². The number of carbonyl (C=O) groups is 1. The molecule has 0 aliphatic rings. The van der Waals surface area contributed by atoms with Crippen molar-refractivity contribution in [3.63, 3.8) is 0 Å². The van der Waals surface area contributed by atoms with Crippen LogP contribution in [-0.2, 0) is 6.42 Å². The lowest BCUT2D eigenvalue weighted by Crippen LogP contribution is -2.09. The number of aryl methyl sites for hydroxylation is 2. The molecule has 0 aliphatic heterocycles. The summed E-state index contributed by atoms with van der Waals surface area (Å²) in [5, 5.41) is 0.334. The molecule has 0 fully saturated rings. The van der Waals surface area contributed by atoms with Gasteiger partial charge in [0.15, 0.2) is 5.78 Å². The summed E-state index contributed by atoms with van der Waals surface area (Å²) in [6.45, 7) is 3.77. The van der Waals surface area contributed by atoms with E-state index in [4.69, 9.17) is 11.6 Å². The van der Waals surface area contributed by atoms with E-state index >= 15 is 0 Å². The molecule has 3 heteroatoms. The quantitative estimate of drug-likeness (QED) is 0.753. The van der Waals surface area contributed by atoms with Crippen LogP contribution in [-0.4, -0.2) is 5.78 Å². The molecule has 2 aromatic rings. The van der Waals surface area contributed by atoms with Gasteiger partial charge >= 0.3 is 0 Å². The third-order valence-electron chi connectivity index (χ3n) is 3.13. The molecular weight excluding hydrogens is 263 g/mol. The van der Waals surface area contributed by atoms with Gasteiger partial charge in [-0.25, -0.2) is 4.39 Å². The summed E-state index contributed by atoms with van der Waals surface area (Å²) in [7, 11) is 0. The monoisotopic (exact) mass is 276 g/mol. The summed E-state index contributed by atoms with van der Waals surface area (Å²) >= 11 is 5.70. The first-order chi connectivity index (χ1) is 8.99. The Morgan fingerprint density at radius 2 is 1.79 bits per heavy atom. The lowest BCUT2D eigenvalue weighted by molar-refractivity contribution is 0.0990. The summed E-state index contributed by atoms with van der Waals surface area (Å²) in [6, 6.07) is 10.1. The molecule has 0 amide bonds. The molecule has 0 atom stereocenters. The van der Waals surface area contributed by atoms with E-state index in [0.717, 1.165) is 11.1 Å². The number of halogens is 2. The Kier molecular flexibility index (Phi) is 4.01. The van der Waals surface area contributed by atoms with Crippen molar-refractivity contribution in [2.24, 2.45) is 0 Å². The predicted octanol–water partition coefficient (Wildman–Crippen LogP) is 4.52. The maximum absolute atomic E-state index is 13.7. The number of hydrogen-bond acceptors (Lipinski definition) is 1. The van der Waals surface area contributed by atoms with Gasteiger partial charge in [0, 0.05) is 17.0 Å². The molecule has 0 heterocycles. The van der Waals surface area contributed by atoms with E-state index in [-0.39, 0.29) is 12.2 Å². The number of benzene rings is 2. The van der Waals surface area contributed by atoms with E-state index in [9.17, 15) is 9.18 Å². The molecule has 0 N–H and O–H groups in total. The molecule has 0 saturated heterocycles. The van der Waals surface area contributed by atoms with Crippen LogP contribution in [0.3, 0.4) is 0 Å². The van der Waals surface area contributed by atoms with E-state index in [1.807, 2.05) is 32.0 Å². The van der Waals surface area contributed by atoms with Crippen molar-refractivity contribution in [2.45, 2.75) is 20.3 Å². The Hall–Kier alpha value is -1.67. The molecular formula is C16H14ClFO. The van der Waals surface area contributed by atoms with Crippen molar-refractivity contribution < 1.29 is 9.18 Å². The van der Waals surface area contributed by atoms with Crippen molar-refractivity contribution in [1.29, 1.82) is 0 Å². The zero-order valence-electron chi connectivity index (χ0n) is 10.8.